The van der Waals surface area contributed by atoms with Crippen molar-refractivity contribution in [3.63, 3.8) is 0 Å². The molecule has 19 heavy (non-hydrogen) atoms. The normalized spacial score (nSPS) is 21.4. The van der Waals surface area contributed by atoms with Crippen LogP contribution >= 0.6 is 11.6 Å². The minimum atomic E-state index is -0.0188. The summed E-state index contributed by atoms with van der Waals surface area (Å²) in [6.45, 7) is 0.607. The summed E-state index contributed by atoms with van der Waals surface area (Å²) in [5, 5.41) is 11.1. The predicted octanol–water partition coefficient (Wildman–Crippen LogP) is 3.69. The van der Waals surface area contributed by atoms with Gasteiger partial charge in [-0.25, -0.2) is 0 Å². The first-order valence-corrected chi connectivity index (χ1v) is 7.79. The Bertz CT molecular complexity index is 489. The Hall–Kier alpha value is -0.730. The predicted molar refractivity (Wildman–Crippen MR) is 79.0 cm³/mol. The molecule has 1 fully saturated rings. The molecule has 1 saturated carbocycles. The highest BCUT2D eigenvalue weighted by atomic mass is 35.5. The van der Waals surface area contributed by atoms with Crippen molar-refractivity contribution >= 4 is 11.6 Å². The van der Waals surface area contributed by atoms with E-state index in [2.05, 4.69) is 6.07 Å². The zero-order chi connectivity index (χ0) is 13.5. The summed E-state index contributed by atoms with van der Waals surface area (Å²) in [7, 11) is 0. The molecule has 2 nitrogen and oxygen atoms in total. The third-order valence-electron chi connectivity index (χ3n) is 5.08. The Balaban J connectivity index is 2.11. The van der Waals surface area contributed by atoms with Crippen LogP contribution < -0.4 is 5.73 Å². The molecule has 1 aromatic carbocycles. The van der Waals surface area contributed by atoms with Crippen molar-refractivity contribution in [1.82, 2.24) is 0 Å². The van der Waals surface area contributed by atoms with Gasteiger partial charge in [0.25, 0.3) is 0 Å². The van der Waals surface area contributed by atoms with Gasteiger partial charge >= 0.3 is 0 Å². The Morgan fingerprint density at radius 3 is 2.53 bits per heavy atom. The molecule has 0 unspecified atom stereocenters. The quantitative estimate of drug-likeness (QED) is 0.811. The van der Waals surface area contributed by atoms with E-state index in [-0.39, 0.29) is 5.41 Å². The van der Waals surface area contributed by atoms with Gasteiger partial charge < -0.3 is 10.8 Å². The molecular formula is C16H22ClNO. The number of phenols is 1. The number of benzene rings is 1. The first-order valence-electron chi connectivity index (χ1n) is 7.42. The number of nitrogens with two attached hydrogens (primary N) is 1. The molecule has 0 spiro atoms. The second-order valence-electron chi connectivity index (χ2n) is 6.12. The van der Waals surface area contributed by atoms with Gasteiger partial charge in [0.2, 0.25) is 0 Å². The summed E-state index contributed by atoms with van der Waals surface area (Å²) in [4.78, 5) is 0. The second-order valence-corrected chi connectivity index (χ2v) is 6.50. The van der Waals surface area contributed by atoms with Crippen LogP contribution in [0.4, 0.5) is 0 Å². The number of aryl methyl sites for hydroxylation is 1. The van der Waals surface area contributed by atoms with Gasteiger partial charge in [-0.1, -0.05) is 30.5 Å². The number of hydrogen-bond donors (Lipinski definition) is 2. The molecule has 3 rings (SSSR count). The van der Waals surface area contributed by atoms with Gasteiger partial charge in [-0.05, 0) is 49.7 Å². The van der Waals surface area contributed by atoms with Crippen LogP contribution in [-0.4, -0.2) is 11.7 Å². The molecule has 0 aromatic heterocycles. The van der Waals surface area contributed by atoms with E-state index < -0.39 is 0 Å². The minimum absolute atomic E-state index is 0.0188. The van der Waals surface area contributed by atoms with Crippen LogP contribution in [0.5, 0.6) is 5.75 Å². The van der Waals surface area contributed by atoms with Crippen molar-refractivity contribution in [2.75, 3.05) is 6.54 Å². The highest BCUT2D eigenvalue weighted by molar-refractivity contribution is 6.33. The lowest BCUT2D eigenvalue weighted by molar-refractivity contribution is 0.245. The van der Waals surface area contributed by atoms with Crippen molar-refractivity contribution in [3.8, 4) is 5.75 Å². The first-order chi connectivity index (χ1) is 9.18. The van der Waals surface area contributed by atoms with Crippen molar-refractivity contribution in [1.29, 1.82) is 0 Å². The maximum absolute atomic E-state index is 10.5. The molecule has 0 heterocycles. The maximum Gasteiger partial charge on any atom is 0.138 e. The number of fused-ring (bicyclic) bond motifs is 1. The molecule has 0 aliphatic heterocycles. The van der Waals surface area contributed by atoms with Crippen LogP contribution in [0.3, 0.4) is 0 Å². The molecule has 0 radical (unpaired) electrons. The van der Waals surface area contributed by atoms with Gasteiger partial charge in [0.05, 0.1) is 5.02 Å². The van der Waals surface area contributed by atoms with E-state index >= 15 is 0 Å². The van der Waals surface area contributed by atoms with Crippen molar-refractivity contribution in [3.05, 3.63) is 27.8 Å². The summed E-state index contributed by atoms with van der Waals surface area (Å²) >= 11 is 6.44. The summed E-state index contributed by atoms with van der Waals surface area (Å²) in [6.07, 6.45) is 9.09. The van der Waals surface area contributed by atoms with E-state index in [0.29, 0.717) is 17.3 Å². The summed E-state index contributed by atoms with van der Waals surface area (Å²) in [5.74, 6) is 0.299. The standard InChI is InChI=1S/C16H22ClNO/c17-14-12-6-3-1-2-5-11(12)9-13(15(14)19)16(10-18)7-4-8-16/h9,19H,1-8,10,18H2. The summed E-state index contributed by atoms with van der Waals surface area (Å²) in [6, 6.07) is 2.20. The smallest absolute Gasteiger partial charge is 0.138 e. The van der Waals surface area contributed by atoms with Gasteiger partial charge in [-0.15, -0.1) is 0 Å². The van der Waals surface area contributed by atoms with Crippen LogP contribution in [0.2, 0.25) is 5.02 Å². The highest BCUT2D eigenvalue weighted by Gasteiger charge is 2.40. The number of halogens is 1. The number of rotatable bonds is 2. The molecule has 0 atom stereocenters. The molecule has 1 aromatic rings. The molecule has 0 amide bonds. The van der Waals surface area contributed by atoms with Crippen LogP contribution in [-0.2, 0) is 18.3 Å². The second kappa shape index (κ2) is 4.99. The van der Waals surface area contributed by atoms with Crippen LogP contribution in [0.1, 0.15) is 55.2 Å². The van der Waals surface area contributed by atoms with Gasteiger partial charge in [-0.3, -0.25) is 0 Å². The van der Waals surface area contributed by atoms with E-state index in [1.54, 1.807) is 0 Å². The topological polar surface area (TPSA) is 46.2 Å². The molecule has 104 valence electrons. The fraction of sp³-hybridized carbons (Fsp3) is 0.625. The van der Waals surface area contributed by atoms with Crippen molar-refractivity contribution in [2.45, 2.75) is 56.8 Å². The molecule has 2 aliphatic rings. The van der Waals surface area contributed by atoms with E-state index in [9.17, 15) is 5.11 Å². The number of phenolic OH excluding ortho intramolecular Hbond substituents is 1. The van der Waals surface area contributed by atoms with Crippen molar-refractivity contribution < 1.29 is 5.11 Å². The van der Waals surface area contributed by atoms with E-state index in [0.717, 1.165) is 31.2 Å². The molecule has 0 saturated heterocycles. The first kappa shape index (κ1) is 13.3. The Kier molecular flexibility index (Phi) is 3.48. The van der Waals surface area contributed by atoms with Gasteiger partial charge in [0.15, 0.2) is 0 Å². The maximum atomic E-state index is 10.5. The Labute approximate surface area is 120 Å². The Morgan fingerprint density at radius 1 is 1.16 bits per heavy atom. The lowest BCUT2D eigenvalue weighted by Crippen LogP contribution is -2.41. The Morgan fingerprint density at radius 2 is 1.89 bits per heavy atom. The van der Waals surface area contributed by atoms with Crippen molar-refractivity contribution in [2.24, 2.45) is 5.73 Å². The lowest BCUT2D eigenvalue weighted by atomic mass is 9.64. The minimum Gasteiger partial charge on any atom is -0.506 e. The van der Waals surface area contributed by atoms with Gasteiger partial charge in [-0.2, -0.15) is 0 Å². The molecular weight excluding hydrogens is 258 g/mol. The molecule has 0 bridgehead atoms. The average Bonchev–Trinajstić information content (AvgIpc) is 2.60. The monoisotopic (exact) mass is 279 g/mol. The van der Waals surface area contributed by atoms with E-state index in [1.807, 2.05) is 0 Å². The average molecular weight is 280 g/mol. The molecule has 3 N–H and O–H groups in total. The zero-order valence-corrected chi connectivity index (χ0v) is 12.1. The fourth-order valence-electron chi connectivity index (χ4n) is 3.61. The van der Waals surface area contributed by atoms with Gasteiger partial charge in [0, 0.05) is 17.5 Å². The van der Waals surface area contributed by atoms with E-state index in [4.69, 9.17) is 17.3 Å². The SMILES string of the molecule is NCC1(c2cc3c(c(Cl)c2O)CCCCC3)CCC1. The number of aromatic hydroxyl groups is 1. The van der Waals surface area contributed by atoms with Gasteiger partial charge in [0.1, 0.15) is 5.75 Å². The van der Waals surface area contributed by atoms with Crippen LogP contribution in [0, 0.1) is 0 Å². The van der Waals surface area contributed by atoms with Crippen LogP contribution in [0.25, 0.3) is 0 Å². The third kappa shape index (κ3) is 2.05. The third-order valence-corrected chi connectivity index (χ3v) is 5.49. The summed E-state index contributed by atoms with van der Waals surface area (Å²) in [5.41, 5.74) is 9.48. The fourth-order valence-corrected chi connectivity index (χ4v) is 3.93. The summed E-state index contributed by atoms with van der Waals surface area (Å²) < 4.78 is 0. The van der Waals surface area contributed by atoms with Crippen LogP contribution in [0.15, 0.2) is 6.07 Å². The zero-order valence-electron chi connectivity index (χ0n) is 11.3. The van der Waals surface area contributed by atoms with E-state index in [1.165, 1.54) is 36.8 Å². The molecule has 3 heteroatoms. The lowest BCUT2D eigenvalue weighted by Gasteiger charge is -2.42. The molecule has 2 aliphatic carbocycles. The largest absolute Gasteiger partial charge is 0.506 e. The highest BCUT2D eigenvalue weighted by Crippen LogP contribution is 2.49. The number of hydrogen-bond acceptors (Lipinski definition) is 2.